The third-order valence-electron chi connectivity index (χ3n) is 4.26. The number of hydrogen-bond donors (Lipinski definition) is 2. The van der Waals surface area contributed by atoms with Crippen molar-refractivity contribution in [3.63, 3.8) is 0 Å². The van der Waals surface area contributed by atoms with Gasteiger partial charge in [0.05, 0.1) is 16.9 Å². The molecule has 0 spiro atoms. The monoisotopic (exact) mass is 261 g/mol. The first-order valence-electron chi connectivity index (χ1n) is 6.86. The van der Waals surface area contributed by atoms with Crippen LogP contribution in [-0.2, 0) is 0 Å². The maximum atomic E-state index is 11.4. The van der Waals surface area contributed by atoms with Crippen LogP contribution in [0.4, 0.5) is 11.4 Å². The Morgan fingerprint density at radius 1 is 1.32 bits per heavy atom. The zero-order chi connectivity index (χ0) is 14.2. The van der Waals surface area contributed by atoms with Crippen LogP contribution in [0, 0.1) is 11.8 Å². The van der Waals surface area contributed by atoms with Gasteiger partial charge in [-0.3, -0.25) is 4.79 Å². The molecule has 0 aliphatic carbocycles. The van der Waals surface area contributed by atoms with Crippen molar-refractivity contribution >= 4 is 17.3 Å². The van der Waals surface area contributed by atoms with E-state index in [9.17, 15) is 4.79 Å². The van der Waals surface area contributed by atoms with Crippen LogP contribution in [0.15, 0.2) is 18.2 Å². The highest BCUT2D eigenvalue weighted by atomic mass is 16.1. The smallest absolute Gasteiger partial charge is 0.250 e. The van der Waals surface area contributed by atoms with Gasteiger partial charge in [-0.25, -0.2) is 0 Å². The number of nitrogen functional groups attached to an aromatic ring is 1. The number of carbonyl (C=O) groups is 1. The lowest BCUT2D eigenvalue weighted by Crippen LogP contribution is -2.46. The molecule has 0 aromatic heterocycles. The second-order valence-electron chi connectivity index (χ2n) is 5.81. The summed E-state index contributed by atoms with van der Waals surface area (Å²) in [5, 5.41) is 0. The molecule has 0 saturated carbocycles. The molecule has 1 heterocycles. The van der Waals surface area contributed by atoms with E-state index < -0.39 is 5.91 Å². The van der Waals surface area contributed by atoms with Crippen molar-refractivity contribution < 1.29 is 4.79 Å². The van der Waals surface area contributed by atoms with Crippen molar-refractivity contribution in [2.75, 3.05) is 17.2 Å². The van der Waals surface area contributed by atoms with Crippen molar-refractivity contribution in [3.8, 4) is 0 Å². The molecule has 2 rings (SSSR count). The van der Waals surface area contributed by atoms with Crippen LogP contribution in [0.5, 0.6) is 0 Å². The van der Waals surface area contributed by atoms with Gasteiger partial charge < -0.3 is 16.4 Å². The van der Waals surface area contributed by atoms with Gasteiger partial charge in [-0.05, 0) is 37.3 Å². The second kappa shape index (κ2) is 5.11. The lowest BCUT2D eigenvalue weighted by atomic mass is 9.85. The van der Waals surface area contributed by atoms with E-state index in [1.165, 1.54) is 6.42 Å². The summed E-state index contributed by atoms with van der Waals surface area (Å²) in [6.07, 6.45) is 1.23. The first kappa shape index (κ1) is 13.7. The molecule has 4 nitrogen and oxygen atoms in total. The van der Waals surface area contributed by atoms with Crippen LogP contribution < -0.4 is 16.4 Å². The standard InChI is InChI=1S/C15H23N3O/c1-9-7-10(2)11(3)18(8-9)13-6-4-5-12(14(13)16)15(17)19/h4-6,9-11H,7-8,16H2,1-3H3,(H2,17,19). The van der Waals surface area contributed by atoms with E-state index in [0.717, 1.165) is 12.2 Å². The first-order valence-corrected chi connectivity index (χ1v) is 6.86. The summed E-state index contributed by atoms with van der Waals surface area (Å²) < 4.78 is 0. The topological polar surface area (TPSA) is 72.3 Å². The molecular weight excluding hydrogens is 238 g/mol. The third kappa shape index (κ3) is 2.53. The molecule has 104 valence electrons. The van der Waals surface area contributed by atoms with Crippen molar-refractivity contribution in [1.29, 1.82) is 0 Å². The summed E-state index contributed by atoms with van der Waals surface area (Å²) in [6, 6.07) is 5.93. The molecule has 0 radical (unpaired) electrons. The Kier molecular flexibility index (Phi) is 3.69. The molecule has 4 heteroatoms. The predicted octanol–water partition coefficient (Wildman–Crippen LogP) is 2.24. The van der Waals surface area contributed by atoms with Crippen LogP contribution in [0.1, 0.15) is 37.6 Å². The van der Waals surface area contributed by atoms with Gasteiger partial charge in [0.2, 0.25) is 0 Å². The van der Waals surface area contributed by atoms with Crippen LogP contribution >= 0.6 is 0 Å². The molecule has 3 atom stereocenters. The van der Waals surface area contributed by atoms with E-state index in [1.807, 2.05) is 12.1 Å². The first-order chi connectivity index (χ1) is 8.91. The van der Waals surface area contributed by atoms with E-state index in [4.69, 9.17) is 11.5 Å². The Bertz CT molecular complexity index is 486. The fraction of sp³-hybridized carbons (Fsp3) is 0.533. The Morgan fingerprint density at radius 3 is 2.63 bits per heavy atom. The number of hydrogen-bond acceptors (Lipinski definition) is 3. The zero-order valence-electron chi connectivity index (χ0n) is 11.9. The van der Waals surface area contributed by atoms with Gasteiger partial charge in [0, 0.05) is 12.6 Å². The maximum absolute atomic E-state index is 11.4. The summed E-state index contributed by atoms with van der Waals surface area (Å²) in [6.45, 7) is 7.70. The third-order valence-corrected chi connectivity index (χ3v) is 4.26. The molecule has 1 aromatic carbocycles. The van der Waals surface area contributed by atoms with Gasteiger partial charge in [-0.15, -0.1) is 0 Å². The van der Waals surface area contributed by atoms with Crippen LogP contribution in [0.25, 0.3) is 0 Å². The summed E-state index contributed by atoms with van der Waals surface area (Å²) in [5.74, 6) is 0.772. The van der Waals surface area contributed by atoms with Gasteiger partial charge in [-0.1, -0.05) is 19.9 Å². The van der Waals surface area contributed by atoms with Gasteiger partial charge in [0.25, 0.3) is 5.91 Å². The van der Waals surface area contributed by atoms with Crippen molar-refractivity contribution in [3.05, 3.63) is 23.8 Å². The van der Waals surface area contributed by atoms with Gasteiger partial charge in [0.1, 0.15) is 0 Å². The molecule has 1 saturated heterocycles. The summed E-state index contributed by atoms with van der Waals surface area (Å²) in [4.78, 5) is 13.7. The zero-order valence-corrected chi connectivity index (χ0v) is 11.9. The number of carbonyl (C=O) groups excluding carboxylic acids is 1. The lowest BCUT2D eigenvalue weighted by molar-refractivity contribution is 0.100. The molecule has 1 aliphatic rings. The minimum Gasteiger partial charge on any atom is -0.396 e. The Balaban J connectivity index is 2.40. The molecule has 19 heavy (non-hydrogen) atoms. The number of anilines is 2. The minimum atomic E-state index is -0.467. The number of para-hydroxylation sites is 1. The van der Waals surface area contributed by atoms with Crippen LogP contribution in [-0.4, -0.2) is 18.5 Å². The van der Waals surface area contributed by atoms with E-state index >= 15 is 0 Å². The Labute approximate surface area is 114 Å². The molecule has 1 aliphatic heterocycles. The fourth-order valence-electron chi connectivity index (χ4n) is 3.05. The molecule has 1 fully saturated rings. The number of primary amides is 1. The molecular formula is C15H23N3O. The summed E-state index contributed by atoms with van der Waals surface area (Å²) in [7, 11) is 0. The Morgan fingerprint density at radius 2 is 2.00 bits per heavy atom. The van der Waals surface area contributed by atoms with Crippen LogP contribution in [0.2, 0.25) is 0 Å². The van der Waals surface area contributed by atoms with Gasteiger partial charge >= 0.3 is 0 Å². The molecule has 0 bridgehead atoms. The maximum Gasteiger partial charge on any atom is 0.250 e. The highest BCUT2D eigenvalue weighted by Crippen LogP contribution is 2.35. The number of nitrogens with zero attached hydrogens (tertiary/aromatic N) is 1. The lowest BCUT2D eigenvalue weighted by Gasteiger charge is -2.43. The van der Waals surface area contributed by atoms with E-state index in [0.29, 0.717) is 29.1 Å². The van der Waals surface area contributed by atoms with Crippen molar-refractivity contribution in [1.82, 2.24) is 0 Å². The average Bonchev–Trinajstić information content (AvgIpc) is 2.34. The fourth-order valence-corrected chi connectivity index (χ4v) is 3.05. The summed E-state index contributed by atoms with van der Waals surface area (Å²) in [5.41, 5.74) is 13.3. The summed E-state index contributed by atoms with van der Waals surface area (Å²) >= 11 is 0. The normalized spacial score (nSPS) is 27.3. The highest BCUT2D eigenvalue weighted by molar-refractivity contribution is 6.00. The molecule has 3 unspecified atom stereocenters. The second-order valence-corrected chi connectivity index (χ2v) is 5.81. The SMILES string of the molecule is CC1CC(C)C(C)N(c2cccc(C(N)=O)c2N)C1. The minimum absolute atomic E-state index is 0.413. The van der Waals surface area contributed by atoms with Crippen LogP contribution in [0.3, 0.4) is 0 Å². The molecule has 4 N–H and O–H groups in total. The van der Waals surface area contributed by atoms with E-state index in [-0.39, 0.29) is 0 Å². The largest absolute Gasteiger partial charge is 0.396 e. The number of rotatable bonds is 2. The van der Waals surface area contributed by atoms with Gasteiger partial charge in [-0.2, -0.15) is 0 Å². The molecule has 1 aromatic rings. The Hall–Kier alpha value is -1.71. The highest BCUT2D eigenvalue weighted by Gasteiger charge is 2.30. The van der Waals surface area contributed by atoms with E-state index in [2.05, 4.69) is 25.7 Å². The van der Waals surface area contributed by atoms with E-state index in [1.54, 1.807) is 6.07 Å². The number of amides is 1. The number of benzene rings is 1. The molecule has 1 amide bonds. The number of nitrogens with two attached hydrogens (primary N) is 2. The van der Waals surface area contributed by atoms with Crippen molar-refractivity contribution in [2.24, 2.45) is 17.6 Å². The van der Waals surface area contributed by atoms with Gasteiger partial charge in [0.15, 0.2) is 0 Å². The predicted molar refractivity (Wildman–Crippen MR) is 79.1 cm³/mol. The quantitative estimate of drug-likeness (QED) is 0.802. The van der Waals surface area contributed by atoms with Crippen molar-refractivity contribution in [2.45, 2.75) is 33.2 Å². The average molecular weight is 261 g/mol. The number of piperidine rings is 1.